The molecule has 0 saturated carbocycles. The van der Waals surface area contributed by atoms with Gasteiger partial charge < -0.3 is 10.6 Å². The van der Waals surface area contributed by atoms with Crippen molar-refractivity contribution >= 4 is 5.69 Å². The van der Waals surface area contributed by atoms with E-state index >= 15 is 0 Å². The van der Waals surface area contributed by atoms with Crippen LogP contribution < -0.4 is 10.6 Å². The molecule has 2 rings (SSSR count). The Labute approximate surface area is 110 Å². The predicted molar refractivity (Wildman–Crippen MR) is 75.8 cm³/mol. The molecule has 0 aromatic carbocycles. The van der Waals surface area contributed by atoms with Gasteiger partial charge >= 0.3 is 0 Å². The first-order valence-electron chi connectivity index (χ1n) is 6.78. The first kappa shape index (κ1) is 13.3. The molecular formula is C14H24N4. The molecule has 4 heteroatoms. The SMILES string of the molecule is CCC1CN(c2ccc([C@H](C)N)nc2)CCN1C. The average Bonchev–Trinajstić information content (AvgIpc) is 2.39. The van der Waals surface area contributed by atoms with Crippen LogP contribution in [-0.2, 0) is 0 Å². The second-order valence-corrected chi connectivity index (χ2v) is 5.22. The molecule has 2 heterocycles. The third-order valence-corrected chi connectivity index (χ3v) is 3.85. The highest BCUT2D eigenvalue weighted by molar-refractivity contribution is 5.45. The zero-order valence-corrected chi connectivity index (χ0v) is 11.6. The summed E-state index contributed by atoms with van der Waals surface area (Å²) < 4.78 is 0. The van der Waals surface area contributed by atoms with Gasteiger partial charge in [0.05, 0.1) is 17.6 Å². The Balaban J connectivity index is 2.07. The molecule has 0 spiro atoms. The van der Waals surface area contributed by atoms with E-state index in [2.05, 4.69) is 34.8 Å². The molecular weight excluding hydrogens is 224 g/mol. The molecule has 100 valence electrons. The van der Waals surface area contributed by atoms with Crippen LogP contribution in [0.2, 0.25) is 0 Å². The highest BCUT2D eigenvalue weighted by Gasteiger charge is 2.23. The van der Waals surface area contributed by atoms with E-state index in [0.717, 1.165) is 25.3 Å². The van der Waals surface area contributed by atoms with Gasteiger partial charge in [0.25, 0.3) is 0 Å². The number of pyridine rings is 1. The molecule has 18 heavy (non-hydrogen) atoms. The lowest BCUT2D eigenvalue weighted by molar-refractivity contribution is 0.213. The van der Waals surface area contributed by atoms with E-state index in [0.29, 0.717) is 6.04 Å². The van der Waals surface area contributed by atoms with Crippen LogP contribution in [-0.4, -0.2) is 42.6 Å². The zero-order chi connectivity index (χ0) is 13.1. The summed E-state index contributed by atoms with van der Waals surface area (Å²) in [5, 5.41) is 0. The third kappa shape index (κ3) is 2.82. The smallest absolute Gasteiger partial charge is 0.0569 e. The van der Waals surface area contributed by atoms with Crippen LogP contribution in [0.25, 0.3) is 0 Å². The highest BCUT2D eigenvalue weighted by atomic mass is 15.3. The predicted octanol–water partition coefficient (Wildman–Crippen LogP) is 1.63. The van der Waals surface area contributed by atoms with Crippen molar-refractivity contribution in [2.75, 3.05) is 31.6 Å². The van der Waals surface area contributed by atoms with Gasteiger partial charge in [-0.25, -0.2) is 0 Å². The highest BCUT2D eigenvalue weighted by Crippen LogP contribution is 2.20. The Morgan fingerprint density at radius 1 is 1.44 bits per heavy atom. The quantitative estimate of drug-likeness (QED) is 0.883. The Hall–Kier alpha value is -1.13. The van der Waals surface area contributed by atoms with Crippen molar-refractivity contribution in [3.8, 4) is 0 Å². The minimum absolute atomic E-state index is 0.00919. The van der Waals surface area contributed by atoms with Crippen LogP contribution in [0, 0.1) is 0 Å². The van der Waals surface area contributed by atoms with Crippen LogP contribution in [0.3, 0.4) is 0 Å². The summed E-state index contributed by atoms with van der Waals surface area (Å²) >= 11 is 0. The van der Waals surface area contributed by atoms with Crippen molar-refractivity contribution in [3.05, 3.63) is 24.0 Å². The standard InChI is InChI=1S/C14H24N4/c1-4-12-10-18(8-7-17(12)3)13-5-6-14(11(2)15)16-9-13/h5-6,9,11-12H,4,7-8,10,15H2,1-3H3/t11-,12?/m0/s1. The van der Waals surface area contributed by atoms with Gasteiger partial charge in [0.1, 0.15) is 0 Å². The van der Waals surface area contributed by atoms with Crippen LogP contribution in [0.4, 0.5) is 5.69 Å². The molecule has 1 aliphatic rings. The Morgan fingerprint density at radius 3 is 2.78 bits per heavy atom. The third-order valence-electron chi connectivity index (χ3n) is 3.85. The number of piperazine rings is 1. The van der Waals surface area contributed by atoms with Crippen molar-refractivity contribution in [1.29, 1.82) is 0 Å². The van der Waals surface area contributed by atoms with Gasteiger partial charge in [0.15, 0.2) is 0 Å². The maximum atomic E-state index is 5.82. The van der Waals surface area contributed by atoms with E-state index in [1.165, 1.54) is 12.1 Å². The molecule has 1 aliphatic heterocycles. The summed E-state index contributed by atoms with van der Waals surface area (Å²) in [6.45, 7) is 7.50. The number of hydrogen-bond donors (Lipinski definition) is 1. The van der Waals surface area contributed by atoms with Crippen molar-refractivity contribution in [3.63, 3.8) is 0 Å². The van der Waals surface area contributed by atoms with Gasteiger partial charge in [-0.2, -0.15) is 0 Å². The number of hydrogen-bond acceptors (Lipinski definition) is 4. The number of nitrogens with two attached hydrogens (primary N) is 1. The summed E-state index contributed by atoms with van der Waals surface area (Å²) in [5.74, 6) is 0. The number of likely N-dealkylation sites (N-methyl/N-ethyl adjacent to an activating group) is 1. The molecule has 0 radical (unpaired) electrons. The second-order valence-electron chi connectivity index (χ2n) is 5.22. The zero-order valence-electron chi connectivity index (χ0n) is 11.6. The minimum atomic E-state index is 0.00919. The summed E-state index contributed by atoms with van der Waals surface area (Å²) in [4.78, 5) is 9.31. The first-order valence-corrected chi connectivity index (χ1v) is 6.78. The monoisotopic (exact) mass is 248 g/mol. The average molecular weight is 248 g/mol. The van der Waals surface area contributed by atoms with Crippen LogP contribution >= 0.6 is 0 Å². The largest absolute Gasteiger partial charge is 0.367 e. The lowest BCUT2D eigenvalue weighted by atomic mass is 10.1. The van der Waals surface area contributed by atoms with Crippen molar-refractivity contribution in [1.82, 2.24) is 9.88 Å². The summed E-state index contributed by atoms with van der Waals surface area (Å²) in [7, 11) is 2.21. The molecule has 2 atom stereocenters. The summed E-state index contributed by atoms with van der Waals surface area (Å²) in [5.41, 5.74) is 7.99. The normalized spacial score (nSPS) is 23.1. The molecule has 1 aromatic rings. The molecule has 2 N–H and O–H groups in total. The summed E-state index contributed by atoms with van der Waals surface area (Å²) in [6, 6.07) is 4.84. The first-order chi connectivity index (χ1) is 8.61. The van der Waals surface area contributed by atoms with Crippen LogP contribution in [0.15, 0.2) is 18.3 Å². The van der Waals surface area contributed by atoms with E-state index in [4.69, 9.17) is 5.73 Å². The van der Waals surface area contributed by atoms with E-state index in [1.54, 1.807) is 0 Å². The van der Waals surface area contributed by atoms with Crippen LogP contribution in [0.5, 0.6) is 0 Å². The molecule has 0 amide bonds. The molecule has 0 bridgehead atoms. The van der Waals surface area contributed by atoms with Gasteiger partial charge in [-0.05, 0) is 32.5 Å². The van der Waals surface area contributed by atoms with Gasteiger partial charge in [-0.1, -0.05) is 6.92 Å². The van der Waals surface area contributed by atoms with Gasteiger partial charge in [-0.3, -0.25) is 9.88 Å². The lowest BCUT2D eigenvalue weighted by Gasteiger charge is -2.40. The lowest BCUT2D eigenvalue weighted by Crippen LogP contribution is -2.51. The topological polar surface area (TPSA) is 45.4 Å². The molecule has 1 fully saturated rings. The van der Waals surface area contributed by atoms with Crippen molar-refractivity contribution in [2.24, 2.45) is 5.73 Å². The Morgan fingerprint density at radius 2 is 2.22 bits per heavy atom. The van der Waals surface area contributed by atoms with Crippen molar-refractivity contribution in [2.45, 2.75) is 32.4 Å². The fourth-order valence-electron chi connectivity index (χ4n) is 2.48. The fourth-order valence-corrected chi connectivity index (χ4v) is 2.48. The van der Waals surface area contributed by atoms with Crippen molar-refractivity contribution < 1.29 is 0 Å². The summed E-state index contributed by atoms with van der Waals surface area (Å²) in [6.07, 6.45) is 3.15. The maximum absolute atomic E-state index is 5.82. The van der Waals surface area contributed by atoms with E-state index in [1.807, 2.05) is 19.2 Å². The number of nitrogens with zero attached hydrogens (tertiary/aromatic N) is 3. The number of rotatable bonds is 3. The Kier molecular flexibility index (Phi) is 4.19. The molecule has 4 nitrogen and oxygen atoms in total. The van der Waals surface area contributed by atoms with Gasteiger partial charge in [0, 0.05) is 31.7 Å². The number of anilines is 1. The Bertz CT molecular complexity index is 374. The van der Waals surface area contributed by atoms with Crippen LogP contribution in [0.1, 0.15) is 32.0 Å². The second kappa shape index (κ2) is 5.67. The number of aromatic nitrogens is 1. The molecule has 1 unspecified atom stereocenters. The van der Waals surface area contributed by atoms with E-state index < -0.39 is 0 Å². The van der Waals surface area contributed by atoms with E-state index in [9.17, 15) is 0 Å². The minimum Gasteiger partial charge on any atom is -0.367 e. The molecule has 1 saturated heterocycles. The fraction of sp³-hybridized carbons (Fsp3) is 0.643. The molecule has 0 aliphatic carbocycles. The van der Waals surface area contributed by atoms with E-state index in [-0.39, 0.29) is 6.04 Å². The molecule has 1 aromatic heterocycles. The maximum Gasteiger partial charge on any atom is 0.0569 e. The van der Waals surface area contributed by atoms with Gasteiger partial charge in [-0.15, -0.1) is 0 Å². The van der Waals surface area contributed by atoms with Gasteiger partial charge in [0.2, 0.25) is 0 Å².